The molecule has 0 aromatic carbocycles. The van der Waals surface area contributed by atoms with E-state index in [9.17, 15) is 0 Å². The lowest BCUT2D eigenvalue weighted by atomic mass is 10.1. The molecule has 0 aromatic heterocycles. The monoisotopic (exact) mass is 216 g/mol. The lowest BCUT2D eigenvalue weighted by Crippen LogP contribution is -2.37. The van der Waals surface area contributed by atoms with E-state index in [0.29, 0.717) is 12.1 Å². The number of nitrogens with one attached hydrogen (secondary N) is 1. The van der Waals surface area contributed by atoms with Gasteiger partial charge in [0.25, 0.3) is 0 Å². The van der Waals surface area contributed by atoms with Crippen molar-refractivity contribution in [3.05, 3.63) is 0 Å². The molecule has 2 unspecified atom stereocenters. The zero-order valence-corrected chi connectivity index (χ0v) is 11.0. The van der Waals surface area contributed by atoms with Crippen LogP contribution in [0.2, 0.25) is 0 Å². The van der Waals surface area contributed by atoms with Crippen LogP contribution < -0.4 is 5.32 Å². The molecular formula is C12H28N2O. The second kappa shape index (κ2) is 9.13. The zero-order valence-electron chi connectivity index (χ0n) is 11.0. The Bertz CT molecular complexity index is 142. The number of ether oxygens (including phenoxy) is 1. The smallest absolute Gasteiger partial charge is 0.0474 e. The largest absolute Gasteiger partial charge is 0.385 e. The molecule has 0 saturated carbocycles. The van der Waals surface area contributed by atoms with Crippen LogP contribution in [0.15, 0.2) is 0 Å². The van der Waals surface area contributed by atoms with Gasteiger partial charge in [0.1, 0.15) is 0 Å². The predicted octanol–water partition coefficient (Wildman–Crippen LogP) is 1.73. The molecule has 0 aromatic rings. The van der Waals surface area contributed by atoms with Crippen LogP contribution >= 0.6 is 0 Å². The minimum Gasteiger partial charge on any atom is -0.385 e. The second-order valence-electron chi connectivity index (χ2n) is 4.37. The first-order valence-corrected chi connectivity index (χ1v) is 6.04. The van der Waals surface area contributed by atoms with Crippen molar-refractivity contribution in [2.45, 2.75) is 45.7 Å². The van der Waals surface area contributed by atoms with E-state index in [-0.39, 0.29) is 0 Å². The molecule has 0 bridgehead atoms. The predicted molar refractivity (Wildman–Crippen MR) is 66.3 cm³/mol. The Morgan fingerprint density at radius 3 is 2.53 bits per heavy atom. The van der Waals surface area contributed by atoms with Gasteiger partial charge in [-0.15, -0.1) is 0 Å². The SMILES string of the molecule is CCNC(C)CC(C)N(C)CCCOC. The number of nitrogens with zero attached hydrogens (tertiary/aromatic N) is 1. The van der Waals surface area contributed by atoms with E-state index in [1.54, 1.807) is 7.11 Å². The first-order valence-electron chi connectivity index (χ1n) is 6.04. The number of rotatable bonds is 9. The second-order valence-corrected chi connectivity index (χ2v) is 4.37. The van der Waals surface area contributed by atoms with Gasteiger partial charge in [0.05, 0.1) is 0 Å². The topological polar surface area (TPSA) is 24.5 Å². The van der Waals surface area contributed by atoms with Crippen molar-refractivity contribution >= 4 is 0 Å². The molecule has 3 nitrogen and oxygen atoms in total. The standard InChI is InChI=1S/C12H28N2O/c1-6-13-11(2)10-12(3)14(4)8-7-9-15-5/h11-13H,6-10H2,1-5H3. The Kier molecular flexibility index (Phi) is 9.06. The van der Waals surface area contributed by atoms with E-state index in [4.69, 9.17) is 4.74 Å². The van der Waals surface area contributed by atoms with Gasteiger partial charge in [-0.05, 0) is 40.3 Å². The van der Waals surface area contributed by atoms with E-state index in [0.717, 1.165) is 26.1 Å². The van der Waals surface area contributed by atoms with Crippen LogP contribution in [0.1, 0.15) is 33.6 Å². The van der Waals surface area contributed by atoms with E-state index < -0.39 is 0 Å². The van der Waals surface area contributed by atoms with Crippen LogP contribution in [0.25, 0.3) is 0 Å². The van der Waals surface area contributed by atoms with E-state index in [1.165, 1.54) is 6.42 Å². The fraction of sp³-hybridized carbons (Fsp3) is 1.00. The third kappa shape index (κ3) is 7.77. The molecule has 0 heterocycles. The molecule has 0 aliphatic carbocycles. The average molecular weight is 216 g/mol. The van der Waals surface area contributed by atoms with Gasteiger partial charge in [-0.3, -0.25) is 0 Å². The van der Waals surface area contributed by atoms with Crippen molar-refractivity contribution in [3.63, 3.8) is 0 Å². The zero-order chi connectivity index (χ0) is 11.7. The molecule has 0 rings (SSSR count). The summed E-state index contributed by atoms with van der Waals surface area (Å²) >= 11 is 0. The summed E-state index contributed by atoms with van der Waals surface area (Å²) in [5.74, 6) is 0. The fourth-order valence-electron chi connectivity index (χ4n) is 1.80. The normalized spacial score (nSPS) is 15.6. The summed E-state index contributed by atoms with van der Waals surface area (Å²) in [6, 6.07) is 1.24. The van der Waals surface area contributed by atoms with Gasteiger partial charge in [-0.1, -0.05) is 6.92 Å². The van der Waals surface area contributed by atoms with Crippen molar-refractivity contribution < 1.29 is 4.74 Å². The van der Waals surface area contributed by atoms with Crippen molar-refractivity contribution in [2.24, 2.45) is 0 Å². The molecule has 0 radical (unpaired) electrons. The van der Waals surface area contributed by atoms with Crippen molar-refractivity contribution in [1.29, 1.82) is 0 Å². The highest BCUT2D eigenvalue weighted by Gasteiger charge is 2.11. The van der Waals surface area contributed by atoms with E-state index in [1.807, 2.05) is 0 Å². The van der Waals surface area contributed by atoms with Gasteiger partial charge < -0.3 is 15.0 Å². The molecule has 3 heteroatoms. The summed E-state index contributed by atoms with van der Waals surface area (Å²) in [7, 11) is 3.95. The molecule has 0 amide bonds. The number of hydrogen-bond donors (Lipinski definition) is 1. The molecule has 0 saturated heterocycles. The molecule has 15 heavy (non-hydrogen) atoms. The quantitative estimate of drug-likeness (QED) is 0.594. The minimum atomic E-state index is 0.606. The van der Waals surface area contributed by atoms with Crippen molar-refractivity contribution in [3.8, 4) is 0 Å². The summed E-state index contributed by atoms with van der Waals surface area (Å²) < 4.78 is 5.05. The average Bonchev–Trinajstić information content (AvgIpc) is 2.18. The first-order chi connectivity index (χ1) is 7.11. The van der Waals surface area contributed by atoms with Gasteiger partial charge >= 0.3 is 0 Å². The number of hydrogen-bond acceptors (Lipinski definition) is 3. The Morgan fingerprint density at radius 2 is 2.00 bits per heavy atom. The maximum atomic E-state index is 5.05. The first kappa shape index (κ1) is 14.9. The van der Waals surface area contributed by atoms with Gasteiger partial charge in [0.15, 0.2) is 0 Å². The molecule has 0 spiro atoms. The molecule has 0 aliphatic rings. The summed E-state index contributed by atoms with van der Waals surface area (Å²) in [6.07, 6.45) is 2.32. The molecule has 1 N–H and O–H groups in total. The Balaban J connectivity index is 3.62. The highest BCUT2D eigenvalue weighted by atomic mass is 16.5. The van der Waals surface area contributed by atoms with Crippen molar-refractivity contribution in [2.75, 3.05) is 33.9 Å². The van der Waals surface area contributed by atoms with Crippen LogP contribution in [0.4, 0.5) is 0 Å². The van der Waals surface area contributed by atoms with Gasteiger partial charge in [-0.2, -0.15) is 0 Å². The van der Waals surface area contributed by atoms with Crippen LogP contribution in [-0.4, -0.2) is 50.8 Å². The molecule has 0 aliphatic heterocycles. The lowest BCUT2D eigenvalue weighted by Gasteiger charge is -2.27. The molecule has 2 atom stereocenters. The van der Waals surface area contributed by atoms with Crippen LogP contribution in [0.5, 0.6) is 0 Å². The van der Waals surface area contributed by atoms with Gasteiger partial charge in [0.2, 0.25) is 0 Å². The minimum absolute atomic E-state index is 0.606. The van der Waals surface area contributed by atoms with E-state index in [2.05, 4.69) is 38.0 Å². The van der Waals surface area contributed by atoms with Gasteiger partial charge in [-0.25, -0.2) is 0 Å². The third-order valence-corrected chi connectivity index (χ3v) is 2.86. The Hall–Kier alpha value is -0.120. The van der Waals surface area contributed by atoms with Crippen molar-refractivity contribution in [1.82, 2.24) is 10.2 Å². The molecule has 92 valence electrons. The lowest BCUT2D eigenvalue weighted by molar-refractivity contribution is 0.163. The van der Waals surface area contributed by atoms with Crippen LogP contribution in [0, 0.1) is 0 Å². The van der Waals surface area contributed by atoms with E-state index >= 15 is 0 Å². The highest BCUT2D eigenvalue weighted by molar-refractivity contribution is 4.70. The fourth-order valence-corrected chi connectivity index (χ4v) is 1.80. The number of methoxy groups -OCH3 is 1. The van der Waals surface area contributed by atoms with Crippen LogP contribution in [0.3, 0.4) is 0 Å². The summed E-state index contributed by atoms with van der Waals surface area (Å²) in [4.78, 5) is 2.41. The van der Waals surface area contributed by atoms with Gasteiger partial charge in [0, 0.05) is 32.3 Å². The highest BCUT2D eigenvalue weighted by Crippen LogP contribution is 2.05. The Labute approximate surface area is 95.2 Å². The maximum absolute atomic E-state index is 5.05. The third-order valence-electron chi connectivity index (χ3n) is 2.86. The summed E-state index contributed by atoms with van der Waals surface area (Å²) in [6.45, 7) is 9.74. The maximum Gasteiger partial charge on any atom is 0.0474 e. The van der Waals surface area contributed by atoms with Crippen LogP contribution in [-0.2, 0) is 4.74 Å². The molecular weight excluding hydrogens is 188 g/mol. The summed E-state index contributed by atoms with van der Waals surface area (Å²) in [5.41, 5.74) is 0. The molecule has 0 fully saturated rings. The Morgan fingerprint density at radius 1 is 1.33 bits per heavy atom. The summed E-state index contributed by atoms with van der Waals surface area (Å²) in [5, 5.41) is 3.45.